The van der Waals surface area contributed by atoms with Gasteiger partial charge in [-0.3, -0.25) is 5.10 Å². The van der Waals surface area contributed by atoms with E-state index in [0.29, 0.717) is 12.4 Å². The van der Waals surface area contributed by atoms with E-state index in [2.05, 4.69) is 15.2 Å². The summed E-state index contributed by atoms with van der Waals surface area (Å²) in [6, 6.07) is 10.4. The summed E-state index contributed by atoms with van der Waals surface area (Å²) in [6.07, 6.45) is 0. The number of pyridine rings is 1. The lowest BCUT2D eigenvalue weighted by Crippen LogP contribution is -1.97. The molecule has 1 N–H and O–H groups in total. The van der Waals surface area contributed by atoms with E-state index in [1.807, 2.05) is 39.0 Å². The van der Waals surface area contributed by atoms with Crippen LogP contribution in [0.25, 0.3) is 22.6 Å². The fourth-order valence-electron chi connectivity index (χ4n) is 2.47. The van der Waals surface area contributed by atoms with E-state index in [-0.39, 0.29) is 5.82 Å². The molecule has 3 rings (SSSR count). The molecule has 0 fully saturated rings. The van der Waals surface area contributed by atoms with Crippen molar-refractivity contribution in [2.24, 2.45) is 0 Å². The second-order valence-corrected chi connectivity index (χ2v) is 5.42. The lowest BCUT2D eigenvalue weighted by Gasteiger charge is -2.11. The second kappa shape index (κ2) is 6.20. The number of aromatic nitrogens is 3. The molecule has 0 bridgehead atoms. The molecule has 0 radical (unpaired) electrons. The van der Waals surface area contributed by atoms with Gasteiger partial charge in [0.2, 0.25) is 0 Å². The number of ether oxygens (including phenoxy) is 1. The van der Waals surface area contributed by atoms with Gasteiger partial charge in [-0.15, -0.1) is 0 Å². The van der Waals surface area contributed by atoms with Crippen molar-refractivity contribution in [2.45, 2.75) is 20.8 Å². The third-order valence-corrected chi connectivity index (χ3v) is 3.46. The zero-order valence-electron chi connectivity index (χ0n) is 13.4. The SMILES string of the molecule is CCOc1cc(F)ccc1-c1cc(C)cc(-c2cc(C)[nH]n2)n1. The van der Waals surface area contributed by atoms with Crippen LogP contribution in [0.4, 0.5) is 4.39 Å². The van der Waals surface area contributed by atoms with E-state index < -0.39 is 0 Å². The number of aromatic amines is 1. The summed E-state index contributed by atoms with van der Waals surface area (Å²) in [6.45, 7) is 6.28. The predicted molar refractivity (Wildman–Crippen MR) is 87.9 cm³/mol. The molecule has 2 aromatic heterocycles. The third kappa shape index (κ3) is 3.23. The van der Waals surface area contributed by atoms with Crippen LogP contribution in [0.15, 0.2) is 36.4 Å². The number of nitrogens with zero attached hydrogens (tertiary/aromatic N) is 2. The van der Waals surface area contributed by atoms with Crippen LogP contribution < -0.4 is 4.74 Å². The van der Waals surface area contributed by atoms with E-state index in [1.54, 1.807) is 6.07 Å². The number of rotatable bonds is 4. The van der Waals surface area contributed by atoms with Crippen molar-refractivity contribution in [1.29, 1.82) is 0 Å². The van der Waals surface area contributed by atoms with Gasteiger partial charge in [0, 0.05) is 17.3 Å². The molecule has 0 spiro atoms. The van der Waals surface area contributed by atoms with Gasteiger partial charge in [0.25, 0.3) is 0 Å². The largest absolute Gasteiger partial charge is 0.493 e. The molecule has 0 aliphatic heterocycles. The number of H-pyrrole nitrogens is 1. The first-order valence-electron chi connectivity index (χ1n) is 7.50. The first kappa shape index (κ1) is 15.2. The van der Waals surface area contributed by atoms with Gasteiger partial charge in [-0.05, 0) is 56.7 Å². The summed E-state index contributed by atoms with van der Waals surface area (Å²) < 4.78 is 19.1. The first-order chi connectivity index (χ1) is 11.1. The van der Waals surface area contributed by atoms with Gasteiger partial charge in [-0.25, -0.2) is 9.37 Å². The van der Waals surface area contributed by atoms with Crippen molar-refractivity contribution < 1.29 is 9.13 Å². The number of nitrogens with one attached hydrogen (secondary N) is 1. The minimum absolute atomic E-state index is 0.326. The maximum absolute atomic E-state index is 13.5. The number of aryl methyl sites for hydroxylation is 2. The normalized spacial score (nSPS) is 10.8. The Morgan fingerprint density at radius 3 is 2.52 bits per heavy atom. The van der Waals surface area contributed by atoms with Crippen LogP contribution in [0, 0.1) is 19.7 Å². The standard InChI is InChI=1S/C18H18FN3O/c1-4-23-18-10-13(19)5-6-14(18)15-7-11(2)8-16(20-15)17-9-12(3)21-22-17/h5-10H,4H2,1-3H3,(H,21,22). The van der Waals surface area contributed by atoms with Crippen LogP contribution in [-0.4, -0.2) is 21.8 Å². The Balaban J connectivity index is 2.12. The fraction of sp³-hybridized carbons (Fsp3) is 0.222. The number of hydrogen-bond donors (Lipinski definition) is 1. The molecule has 0 aliphatic carbocycles. The topological polar surface area (TPSA) is 50.8 Å². The lowest BCUT2D eigenvalue weighted by atomic mass is 10.1. The number of benzene rings is 1. The molecule has 0 saturated carbocycles. The zero-order valence-corrected chi connectivity index (χ0v) is 13.4. The summed E-state index contributed by atoms with van der Waals surface area (Å²) in [5.41, 5.74) is 5.09. The molecule has 5 heteroatoms. The van der Waals surface area contributed by atoms with E-state index in [9.17, 15) is 4.39 Å². The average Bonchev–Trinajstić information content (AvgIpc) is 2.94. The molecule has 0 saturated heterocycles. The summed E-state index contributed by atoms with van der Waals surface area (Å²) in [7, 11) is 0. The van der Waals surface area contributed by atoms with Crippen molar-refractivity contribution >= 4 is 0 Å². The highest BCUT2D eigenvalue weighted by atomic mass is 19.1. The van der Waals surface area contributed by atoms with E-state index in [1.165, 1.54) is 12.1 Å². The van der Waals surface area contributed by atoms with Crippen LogP contribution >= 0.6 is 0 Å². The Bertz CT molecular complexity index is 842. The molecule has 0 amide bonds. The molecule has 1 aromatic carbocycles. The molecule has 2 heterocycles. The van der Waals surface area contributed by atoms with E-state index in [4.69, 9.17) is 4.74 Å². The Kier molecular flexibility index (Phi) is 4.10. The maximum Gasteiger partial charge on any atom is 0.131 e. The maximum atomic E-state index is 13.5. The van der Waals surface area contributed by atoms with Crippen LogP contribution in [0.2, 0.25) is 0 Å². The van der Waals surface area contributed by atoms with Crippen molar-refractivity contribution in [3.05, 3.63) is 53.5 Å². The highest BCUT2D eigenvalue weighted by Gasteiger charge is 2.12. The monoisotopic (exact) mass is 311 g/mol. The van der Waals surface area contributed by atoms with Gasteiger partial charge in [-0.2, -0.15) is 5.10 Å². The van der Waals surface area contributed by atoms with Gasteiger partial charge in [0.1, 0.15) is 17.3 Å². The molecule has 23 heavy (non-hydrogen) atoms. The minimum Gasteiger partial charge on any atom is -0.493 e. The molecule has 118 valence electrons. The molecular formula is C18H18FN3O. The summed E-state index contributed by atoms with van der Waals surface area (Å²) in [4.78, 5) is 4.68. The molecule has 0 aliphatic rings. The van der Waals surface area contributed by atoms with Crippen molar-refractivity contribution in [3.63, 3.8) is 0 Å². The van der Waals surface area contributed by atoms with E-state index in [0.717, 1.165) is 33.9 Å². The van der Waals surface area contributed by atoms with Gasteiger partial charge >= 0.3 is 0 Å². The minimum atomic E-state index is -0.326. The summed E-state index contributed by atoms with van der Waals surface area (Å²) in [5, 5.41) is 7.18. The Morgan fingerprint density at radius 2 is 1.83 bits per heavy atom. The fourth-order valence-corrected chi connectivity index (χ4v) is 2.47. The van der Waals surface area contributed by atoms with Crippen LogP contribution in [-0.2, 0) is 0 Å². The van der Waals surface area contributed by atoms with Gasteiger partial charge < -0.3 is 4.74 Å². The van der Waals surface area contributed by atoms with Crippen LogP contribution in [0.3, 0.4) is 0 Å². The Labute approximate surface area is 134 Å². The predicted octanol–water partition coefficient (Wildman–Crippen LogP) is 4.29. The molecule has 0 unspecified atom stereocenters. The quantitative estimate of drug-likeness (QED) is 0.782. The highest BCUT2D eigenvalue weighted by molar-refractivity contribution is 5.70. The van der Waals surface area contributed by atoms with E-state index >= 15 is 0 Å². The highest BCUT2D eigenvalue weighted by Crippen LogP contribution is 2.31. The number of halogens is 1. The van der Waals surface area contributed by atoms with Crippen molar-refractivity contribution in [2.75, 3.05) is 6.61 Å². The van der Waals surface area contributed by atoms with Gasteiger partial charge in [0.05, 0.1) is 18.0 Å². The van der Waals surface area contributed by atoms with Gasteiger partial charge in [0.15, 0.2) is 0 Å². The van der Waals surface area contributed by atoms with Gasteiger partial charge in [-0.1, -0.05) is 0 Å². The van der Waals surface area contributed by atoms with Crippen molar-refractivity contribution in [1.82, 2.24) is 15.2 Å². The van der Waals surface area contributed by atoms with Crippen LogP contribution in [0.5, 0.6) is 5.75 Å². The Morgan fingerprint density at radius 1 is 1.04 bits per heavy atom. The third-order valence-electron chi connectivity index (χ3n) is 3.46. The summed E-state index contributed by atoms with van der Waals surface area (Å²) in [5.74, 6) is 0.169. The smallest absolute Gasteiger partial charge is 0.131 e. The van der Waals surface area contributed by atoms with Crippen LogP contribution in [0.1, 0.15) is 18.2 Å². The number of hydrogen-bond acceptors (Lipinski definition) is 3. The molecule has 4 nitrogen and oxygen atoms in total. The molecular weight excluding hydrogens is 293 g/mol. The average molecular weight is 311 g/mol. The second-order valence-electron chi connectivity index (χ2n) is 5.42. The Hall–Kier alpha value is -2.69. The summed E-state index contributed by atoms with van der Waals surface area (Å²) >= 11 is 0. The molecule has 3 aromatic rings. The molecule has 0 atom stereocenters. The first-order valence-corrected chi connectivity index (χ1v) is 7.50. The van der Waals surface area contributed by atoms with Crippen molar-refractivity contribution in [3.8, 4) is 28.4 Å². The lowest BCUT2D eigenvalue weighted by molar-refractivity contribution is 0.339. The zero-order chi connectivity index (χ0) is 16.4.